The fraction of sp³-hybridized carbons (Fsp3) is 0.300. The summed E-state index contributed by atoms with van der Waals surface area (Å²) in [5.74, 6) is 1.53. The third kappa shape index (κ3) is 6.82. The van der Waals surface area contributed by atoms with Crippen LogP contribution in [0.1, 0.15) is 35.4 Å². The van der Waals surface area contributed by atoms with Gasteiger partial charge in [-0.3, -0.25) is 4.90 Å². The van der Waals surface area contributed by atoms with Gasteiger partial charge in [-0.2, -0.15) is 4.98 Å². The van der Waals surface area contributed by atoms with Gasteiger partial charge in [0.1, 0.15) is 5.82 Å². The van der Waals surface area contributed by atoms with Crippen molar-refractivity contribution in [3.8, 4) is 11.4 Å². The van der Waals surface area contributed by atoms with Crippen LogP contribution in [0.4, 0.5) is 10.1 Å². The molecule has 1 aliphatic rings. The third-order valence-corrected chi connectivity index (χ3v) is 7.25. The minimum Gasteiger partial charge on any atom is -0.358 e. The minimum atomic E-state index is -0.138. The van der Waals surface area contributed by atoms with E-state index in [-0.39, 0.29) is 5.82 Å². The molecule has 1 saturated heterocycles. The lowest BCUT2D eigenvalue weighted by Gasteiger charge is -2.32. The highest BCUT2D eigenvalue weighted by Gasteiger charge is 2.23. The van der Waals surface area contributed by atoms with Crippen LogP contribution < -0.4 is 10.6 Å². The first-order chi connectivity index (χ1) is 18.5. The van der Waals surface area contributed by atoms with E-state index in [0.29, 0.717) is 29.3 Å². The van der Waals surface area contributed by atoms with Gasteiger partial charge in [0.15, 0.2) is 5.11 Å². The maximum Gasteiger partial charge on any atom is 0.227 e. The number of nitrogens with zero attached hydrogens (tertiary/aromatic N) is 3. The van der Waals surface area contributed by atoms with Crippen molar-refractivity contribution in [1.82, 2.24) is 20.4 Å². The molecule has 1 aromatic heterocycles. The van der Waals surface area contributed by atoms with Gasteiger partial charge in [-0.1, -0.05) is 47.6 Å². The summed E-state index contributed by atoms with van der Waals surface area (Å²) in [6.45, 7) is 5.24. The molecule has 38 heavy (non-hydrogen) atoms. The largest absolute Gasteiger partial charge is 0.358 e. The van der Waals surface area contributed by atoms with Crippen molar-refractivity contribution in [2.24, 2.45) is 5.92 Å². The van der Waals surface area contributed by atoms with Crippen LogP contribution in [-0.2, 0) is 19.5 Å². The second kappa shape index (κ2) is 12.3. The predicted octanol–water partition coefficient (Wildman–Crippen LogP) is 6.13. The molecule has 4 aromatic rings. The van der Waals surface area contributed by atoms with Crippen molar-refractivity contribution in [3.05, 3.63) is 101 Å². The Morgan fingerprint density at radius 3 is 2.71 bits per heavy atom. The van der Waals surface area contributed by atoms with Crippen molar-refractivity contribution >= 4 is 23.0 Å². The number of benzene rings is 3. The van der Waals surface area contributed by atoms with Crippen molar-refractivity contribution in [1.29, 1.82) is 0 Å². The Balaban J connectivity index is 1.13. The van der Waals surface area contributed by atoms with Crippen LogP contribution in [0.15, 0.2) is 77.3 Å². The first-order valence-electron chi connectivity index (χ1n) is 13.0. The number of aromatic nitrogens is 2. The van der Waals surface area contributed by atoms with Gasteiger partial charge >= 0.3 is 0 Å². The number of likely N-dealkylation sites (tertiary alicyclic amines) is 1. The summed E-state index contributed by atoms with van der Waals surface area (Å²) in [6.07, 6.45) is 2.97. The lowest BCUT2D eigenvalue weighted by atomic mass is 9.94. The molecule has 1 aliphatic heterocycles. The van der Waals surface area contributed by atoms with Gasteiger partial charge in [0.2, 0.25) is 11.7 Å². The van der Waals surface area contributed by atoms with Crippen LogP contribution in [0, 0.1) is 18.7 Å². The van der Waals surface area contributed by atoms with E-state index in [1.807, 2.05) is 55.5 Å². The van der Waals surface area contributed by atoms with E-state index in [9.17, 15) is 4.39 Å². The maximum absolute atomic E-state index is 13.9. The number of anilines is 1. The SMILES string of the molecule is Cc1c(F)cccc1CN1CCCC(Cc2nc(-c3ccc(NC(=S)NCc4ccccc4)cc3)no2)C1. The van der Waals surface area contributed by atoms with Gasteiger partial charge in [0, 0.05) is 37.3 Å². The molecule has 5 rings (SSSR count). The average molecular weight is 530 g/mol. The van der Waals surface area contributed by atoms with E-state index in [4.69, 9.17) is 16.7 Å². The van der Waals surface area contributed by atoms with E-state index in [0.717, 1.165) is 61.3 Å². The maximum atomic E-state index is 13.9. The van der Waals surface area contributed by atoms with Crippen molar-refractivity contribution in [2.45, 2.75) is 39.3 Å². The molecule has 0 bridgehead atoms. The Labute approximate surface area is 228 Å². The van der Waals surface area contributed by atoms with Gasteiger partial charge in [0.25, 0.3) is 0 Å². The van der Waals surface area contributed by atoms with Crippen molar-refractivity contribution in [2.75, 3.05) is 18.4 Å². The highest BCUT2D eigenvalue weighted by molar-refractivity contribution is 7.80. The Hall–Kier alpha value is -3.62. The van der Waals surface area contributed by atoms with Crippen LogP contribution in [0.25, 0.3) is 11.4 Å². The molecule has 2 heterocycles. The molecule has 6 nitrogen and oxygen atoms in total. The lowest BCUT2D eigenvalue weighted by Crippen LogP contribution is -2.36. The number of rotatable bonds is 8. The molecule has 1 fully saturated rings. The summed E-state index contributed by atoms with van der Waals surface area (Å²) in [5.41, 5.74) is 4.74. The molecule has 8 heteroatoms. The molecule has 0 amide bonds. The fourth-order valence-electron chi connectivity index (χ4n) is 4.88. The summed E-state index contributed by atoms with van der Waals surface area (Å²) < 4.78 is 19.6. The number of thiocarbonyl (C=S) groups is 1. The Morgan fingerprint density at radius 1 is 1.08 bits per heavy atom. The summed E-state index contributed by atoms with van der Waals surface area (Å²) in [4.78, 5) is 7.06. The quantitative estimate of drug-likeness (QED) is 0.266. The fourth-order valence-corrected chi connectivity index (χ4v) is 5.07. The number of nitrogens with one attached hydrogen (secondary N) is 2. The van der Waals surface area contributed by atoms with Gasteiger partial charge in [-0.15, -0.1) is 0 Å². The first-order valence-corrected chi connectivity index (χ1v) is 13.4. The molecule has 0 spiro atoms. The highest BCUT2D eigenvalue weighted by atomic mass is 32.1. The van der Waals surface area contributed by atoms with Crippen LogP contribution in [0.2, 0.25) is 0 Å². The van der Waals surface area contributed by atoms with Crippen LogP contribution in [-0.4, -0.2) is 33.2 Å². The Bertz CT molecular complexity index is 1360. The smallest absolute Gasteiger partial charge is 0.227 e. The second-order valence-electron chi connectivity index (χ2n) is 9.85. The molecule has 0 saturated carbocycles. The molecular weight excluding hydrogens is 497 g/mol. The van der Waals surface area contributed by atoms with Gasteiger partial charge in [-0.25, -0.2) is 4.39 Å². The average Bonchev–Trinajstić information content (AvgIpc) is 3.40. The molecule has 3 aromatic carbocycles. The summed E-state index contributed by atoms with van der Waals surface area (Å²) >= 11 is 5.42. The highest BCUT2D eigenvalue weighted by Crippen LogP contribution is 2.25. The van der Waals surface area contributed by atoms with E-state index in [1.54, 1.807) is 6.07 Å². The summed E-state index contributed by atoms with van der Waals surface area (Å²) in [6, 6.07) is 23.3. The summed E-state index contributed by atoms with van der Waals surface area (Å²) in [7, 11) is 0. The zero-order chi connectivity index (χ0) is 26.3. The number of halogens is 1. The first kappa shape index (κ1) is 26.0. The minimum absolute atomic E-state index is 0.138. The van der Waals surface area contributed by atoms with Crippen LogP contribution >= 0.6 is 12.2 Å². The second-order valence-corrected chi connectivity index (χ2v) is 10.3. The molecule has 0 aliphatic carbocycles. The number of hydrogen-bond donors (Lipinski definition) is 2. The summed E-state index contributed by atoms with van der Waals surface area (Å²) in [5, 5.41) is 11.2. The topological polar surface area (TPSA) is 66.2 Å². The van der Waals surface area contributed by atoms with Crippen molar-refractivity contribution in [3.63, 3.8) is 0 Å². The molecular formula is C30H32FN5OS. The monoisotopic (exact) mass is 529 g/mol. The molecule has 196 valence electrons. The van der Waals surface area contributed by atoms with E-state index in [1.165, 1.54) is 11.6 Å². The van der Waals surface area contributed by atoms with E-state index in [2.05, 4.69) is 37.8 Å². The van der Waals surface area contributed by atoms with Crippen molar-refractivity contribution < 1.29 is 8.91 Å². The molecule has 0 radical (unpaired) electrons. The Morgan fingerprint density at radius 2 is 1.89 bits per heavy atom. The zero-order valence-electron chi connectivity index (χ0n) is 21.5. The van der Waals surface area contributed by atoms with Crippen LogP contribution in [0.5, 0.6) is 0 Å². The zero-order valence-corrected chi connectivity index (χ0v) is 22.3. The van der Waals surface area contributed by atoms with Gasteiger partial charge in [-0.05, 0) is 91.5 Å². The number of piperidine rings is 1. The standard InChI is InChI=1S/C30H32FN5OS/c1-21-25(10-5-11-27(21)31)20-36-16-6-9-23(19-36)17-28-34-29(35-37-28)24-12-14-26(15-13-24)33-30(38)32-18-22-7-3-2-4-8-22/h2-5,7-8,10-15,23H,6,9,16-20H2,1H3,(H2,32,33,38). The number of hydrogen-bond acceptors (Lipinski definition) is 5. The normalized spacial score (nSPS) is 15.8. The lowest BCUT2D eigenvalue weighted by molar-refractivity contribution is 0.160. The van der Waals surface area contributed by atoms with Gasteiger partial charge in [0.05, 0.1) is 0 Å². The molecule has 2 N–H and O–H groups in total. The molecule has 1 atom stereocenters. The van der Waals surface area contributed by atoms with Crippen LogP contribution in [0.3, 0.4) is 0 Å². The predicted molar refractivity (Wildman–Crippen MR) is 152 cm³/mol. The van der Waals surface area contributed by atoms with Gasteiger partial charge < -0.3 is 15.2 Å². The van der Waals surface area contributed by atoms with E-state index >= 15 is 0 Å². The third-order valence-electron chi connectivity index (χ3n) is 7.01. The Kier molecular flexibility index (Phi) is 8.41. The molecule has 1 unspecified atom stereocenters. The van der Waals surface area contributed by atoms with E-state index < -0.39 is 0 Å².